The zero-order valence-electron chi connectivity index (χ0n) is 19.1. The number of carbonyl (C=O) groups excluding carboxylic acids is 1. The number of hydrogen-bond donors (Lipinski definition) is 0. The van der Waals surface area contributed by atoms with E-state index in [0.29, 0.717) is 18.8 Å². The Kier molecular flexibility index (Phi) is 5.70. The molecule has 0 atom stereocenters. The number of benzene rings is 1. The van der Waals surface area contributed by atoms with Crippen LogP contribution in [0.15, 0.2) is 41.5 Å². The van der Waals surface area contributed by atoms with Crippen molar-refractivity contribution in [2.75, 3.05) is 49.1 Å². The van der Waals surface area contributed by atoms with Crippen molar-refractivity contribution in [3.05, 3.63) is 52.7 Å². The van der Waals surface area contributed by atoms with Crippen LogP contribution in [0.25, 0.3) is 10.9 Å². The minimum atomic E-state index is -0.194. The summed E-state index contributed by atoms with van der Waals surface area (Å²) in [7, 11) is 0. The first-order chi connectivity index (χ1) is 16.0. The summed E-state index contributed by atoms with van der Waals surface area (Å²) in [5.74, 6) is 0.881. The highest BCUT2D eigenvalue weighted by Crippen LogP contribution is 2.30. The van der Waals surface area contributed by atoms with E-state index in [0.717, 1.165) is 48.6 Å². The molecule has 5 rings (SSSR count). The summed E-state index contributed by atoms with van der Waals surface area (Å²) in [6, 6.07) is 9.19. The number of carbonyl (C=O) groups is 1. The summed E-state index contributed by atoms with van der Waals surface area (Å²) < 4.78 is 1.36. The van der Waals surface area contributed by atoms with Crippen LogP contribution in [-0.2, 0) is 0 Å². The van der Waals surface area contributed by atoms with E-state index in [1.807, 2.05) is 18.7 Å². The van der Waals surface area contributed by atoms with Gasteiger partial charge in [-0.15, -0.1) is 0 Å². The van der Waals surface area contributed by atoms with Crippen LogP contribution in [0.1, 0.15) is 43.2 Å². The molecule has 0 N–H and O–H groups in total. The van der Waals surface area contributed by atoms with Crippen molar-refractivity contribution in [1.82, 2.24) is 24.6 Å². The number of anilines is 2. The monoisotopic (exact) mass is 447 g/mol. The maximum absolute atomic E-state index is 13.0. The molecule has 0 radical (unpaired) electrons. The minimum Gasteiger partial charge on any atom is -0.368 e. The van der Waals surface area contributed by atoms with E-state index in [4.69, 9.17) is 0 Å². The summed E-state index contributed by atoms with van der Waals surface area (Å²) in [6.45, 7) is 8.50. The number of fused-ring (bicyclic) bond motifs is 1. The lowest BCUT2D eigenvalue weighted by Gasteiger charge is -2.36. The first-order valence-corrected chi connectivity index (χ1v) is 11.6. The Balaban J connectivity index is 1.32. The van der Waals surface area contributed by atoms with E-state index in [1.54, 1.807) is 6.33 Å². The van der Waals surface area contributed by atoms with Crippen LogP contribution < -0.4 is 15.4 Å². The van der Waals surface area contributed by atoms with E-state index in [9.17, 15) is 9.59 Å². The van der Waals surface area contributed by atoms with Gasteiger partial charge in [-0.3, -0.25) is 9.59 Å². The van der Waals surface area contributed by atoms with Crippen molar-refractivity contribution in [3.63, 3.8) is 0 Å². The van der Waals surface area contributed by atoms with Crippen LogP contribution in [0, 0.1) is 0 Å². The highest BCUT2D eigenvalue weighted by atomic mass is 16.2. The molecule has 9 heteroatoms. The van der Waals surface area contributed by atoms with Crippen molar-refractivity contribution < 1.29 is 4.79 Å². The fourth-order valence-corrected chi connectivity index (χ4v) is 4.65. The van der Waals surface area contributed by atoms with E-state index < -0.39 is 0 Å². The molecule has 0 saturated carbocycles. The summed E-state index contributed by atoms with van der Waals surface area (Å²) >= 11 is 0. The third-order valence-corrected chi connectivity index (χ3v) is 6.47. The van der Waals surface area contributed by atoms with Gasteiger partial charge in [-0.25, -0.2) is 14.6 Å². The van der Waals surface area contributed by atoms with Gasteiger partial charge >= 0.3 is 0 Å². The quantitative estimate of drug-likeness (QED) is 0.607. The molecule has 172 valence electrons. The van der Waals surface area contributed by atoms with Crippen molar-refractivity contribution in [2.45, 2.75) is 32.7 Å². The molecule has 0 bridgehead atoms. The molecule has 1 aromatic carbocycles. The van der Waals surface area contributed by atoms with Crippen LogP contribution >= 0.6 is 0 Å². The SMILES string of the molecule is CC(C)n1nc(C(=O)N2CCN(c3ccc4ncnc(N5CCCC5)c4c3)CC2)ccc1=O. The van der Waals surface area contributed by atoms with Crippen LogP contribution in [0.4, 0.5) is 11.5 Å². The molecule has 0 unspecified atom stereocenters. The van der Waals surface area contributed by atoms with E-state index in [2.05, 4.69) is 43.1 Å². The van der Waals surface area contributed by atoms with Crippen molar-refractivity contribution in [1.29, 1.82) is 0 Å². The largest absolute Gasteiger partial charge is 0.368 e. The Hall–Kier alpha value is -3.49. The average molecular weight is 448 g/mol. The van der Waals surface area contributed by atoms with Gasteiger partial charge in [0.1, 0.15) is 17.8 Å². The zero-order valence-corrected chi connectivity index (χ0v) is 19.1. The van der Waals surface area contributed by atoms with E-state index in [1.165, 1.54) is 29.7 Å². The maximum Gasteiger partial charge on any atom is 0.274 e. The molecule has 2 fully saturated rings. The highest BCUT2D eigenvalue weighted by molar-refractivity contribution is 5.93. The van der Waals surface area contributed by atoms with Crippen molar-refractivity contribution in [3.8, 4) is 0 Å². The number of piperazine rings is 1. The predicted octanol–water partition coefficient (Wildman–Crippen LogP) is 2.33. The van der Waals surface area contributed by atoms with Crippen LogP contribution in [0.2, 0.25) is 0 Å². The highest BCUT2D eigenvalue weighted by Gasteiger charge is 2.25. The molecule has 2 aliphatic heterocycles. The molecule has 2 aliphatic rings. The van der Waals surface area contributed by atoms with E-state index >= 15 is 0 Å². The van der Waals surface area contributed by atoms with Crippen LogP contribution in [0.3, 0.4) is 0 Å². The molecule has 33 heavy (non-hydrogen) atoms. The third-order valence-electron chi connectivity index (χ3n) is 6.47. The minimum absolute atomic E-state index is 0.0931. The topological polar surface area (TPSA) is 87.5 Å². The molecule has 2 aromatic heterocycles. The average Bonchev–Trinajstić information content (AvgIpc) is 3.38. The third kappa shape index (κ3) is 4.15. The van der Waals surface area contributed by atoms with Gasteiger partial charge in [0.2, 0.25) is 0 Å². The number of aromatic nitrogens is 4. The zero-order chi connectivity index (χ0) is 22.9. The van der Waals surface area contributed by atoms with Gasteiger partial charge in [0.15, 0.2) is 0 Å². The van der Waals surface area contributed by atoms with Gasteiger partial charge in [-0.05, 0) is 51.0 Å². The Morgan fingerprint density at radius 2 is 1.67 bits per heavy atom. The lowest BCUT2D eigenvalue weighted by atomic mass is 10.1. The summed E-state index contributed by atoms with van der Waals surface area (Å²) in [5, 5.41) is 5.37. The van der Waals surface area contributed by atoms with Gasteiger partial charge in [-0.1, -0.05) is 0 Å². The molecule has 9 nitrogen and oxygen atoms in total. The molecule has 4 heterocycles. The maximum atomic E-state index is 13.0. The second kappa shape index (κ2) is 8.80. The first-order valence-electron chi connectivity index (χ1n) is 11.6. The van der Waals surface area contributed by atoms with Gasteiger partial charge in [-0.2, -0.15) is 5.10 Å². The molecule has 2 saturated heterocycles. The fourth-order valence-electron chi connectivity index (χ4n) is 4.65. The molecule has 0 aliphatic carbocycles. The second-order valence-corrected chi connectivity index (χ2v) is 8.97. The van der Waals surface area contributed by atoms with Gasteiger partial charge in [0, 0.05) is 56.4 Å². The van der Waals surface area contributed by atoms with E-state index in [-0.39, 0.29) is 17.5 Å². The lowest BCUT2D eigenvalue weighted by molar-refractivity contribution is 0.0737. The van der Waals surface area contributed by atoms with Gasteiger partial charge in [0.25, 0.3) is 11.5 Å². The Labute approximate surface area is 192 Å². The number of amides is 1. The molecular formula is C24H29N7O2. The predicted molar refractivity (Wildman–Crippen MR) is 128 cm³/mol. The fraction of sp³-hybridized carbons (Fsp3) is 0.458. The van der Waals surface area contributed by atoms with Crippen LogP contribution in [0.5, 0.6) is 0 Å². The van der Waals surface area contributed by atoms with Crippen molar-refractivity contribution >= 4 is 28.3 Å². The molecule has 1 amide bonds. The summed E-state index contributed by atoms with van der Waals surface area (Å²) in [6.07, 6.45) is 4.05. The molecule has 3 aromatic rings. The number of nitrogens with zero attached hydrogens (tertiary/aromatic N) is 7. The second-order valence-electron chi connectivity index (χ2n) is 8.97. The lowest BCUT2D eigenvalue weighted by Crippen LogP contribution is -2.49. The normalized spacial score (nSPS) is 16.8. The molecular weight excluding hydrogens is 418 g/mol. The number of hydrogen-bond acceptors (Lipinski definition) is 7. The summed E-state index contributed by atoms with van der Waals surface area (Å²) in [5.41, 5.74) is 2.20. The molecule has 0 spiro atoms. The van der Waals surface area contributed by atoms with Gasteiger partial charge in [0.05, 0.1) is 11.6 Å². The van der Waals surface area contributed by atoms with Crippen molar-refractivity contribution in [2.24, 2.45) is 0 Å². The van der Waals surface area contributed by atoms with Gasteiger partial charge < -0.3 is 14.7 Å². The smallest absolute Gasteiger partial charge is 0.274 e. The Bertz CT molecular complexity index is 1220. The van der Waals surface area contributed by atoms with Crippen LogP contribution in [-0.4, -0.2) is 69.8 Å². The Morgan fingerprint density at radius 3 is 2.39 bits per heavy atom. The number of rotatable bonds is 4. The standard InChI is InChI=1S/C24H29N7O2/c1-17(2)31-22(32)8-7-21(27-31)24(33)30-13-11-28(12-14-30)18-5-6-20-19(15-18)23(26-16-25-20)29-9-3-4-10-29/h5-8,15-17H,3-4,9-14H2,1-2H3. The Morgan fingerprint density at radius 1 is 0.909 bits per heavy atom. The first kappa shape index (κ1) is 21.4. The summed E-state index contributed by atoms with van der Waals surface area (Å²) in [4.78, 5) is 40.5.